The predicted molar refractivity (Wildman–Crippen MR) is 144 cm³/mol. The SMILES string of the molecule is CCOC(=O)C1=C(C)N=c2s/c(=C\c3ccc(OCC)c(Cl)c3)c(=O)n2[C@H]1c1cc(Br)ccc1OC. The molecule has 0 saturated carbocycles. The molecule has 0 aliphatic carbocycles. The number of carbonyl (C=O) groups is 1. The van der Waals surface area contributed by atoms with E-state index in [9.17, 15) is 9.59 Å². The highest BCUT2D eigenvalue weighted by Gasteiger charge is 2.35. The van der Waals surface area contributed by atoms with Gasteiger partial charge in [0.15, 0.2) is 4.80 Å². The van der Waals surface area contributed by atoms with E-state index in [1.807, 2.05) is 25.1 Å². The van der Waals surface area contributed by atoms with Crippen molar-refractivity contribution in [3.05, 3.63) is 88.0 Å². The van der Waals surface area contributed by atoms with E-state index < -0.39 is 12.0 Å². The van der Waals surface area contributed by atoms with E-state index in [0.29, 0.717) is 43.7 Å². The molecular formula is C26H24BrClN2O5S. The average molecular weight is 592 g/mol. The number of benzene rings is 2. The minimum absolute atomic E-state index is 0.195. The van der Waals surface area contributed by atoms with Gasteiger partial charge in [-0.1, -0.05) is 44.9 Å². The first-order chi connectivity index (χ1) is 17.3. The molecule has 0 bridgehead atoms. The molecule has 0 spiro atoms. The van der Waals surface area contributed by atoms with E-state index in [2.05, 4.69) is 20.9 Å². The second kappa shape index (κ2) is 11.0. The average Bonchev–Trinajstić information content (AvgIpc) is 3.14. The van der Waals surface area contributed by atoms with E-state index in [1.54, 1.807) is 45.2 Å². The number of carbonyl (C=O) groups excluding carboxylic acids is 1. The normalized spacial score (nSPS) is 15.4. The number of esters is 1. The lowest BCUT2D eigenvalue weighted by Gasteiger charge is -2.26. The van der Waals surface area contributed by atoms with Crippen LogP contribution in [0.3, 0.4) is 0 Å². The van der Waals surface area contributed by atoms with E-state index in [0.717, 1.165) is 10.0 Å². The number of allylic oxidation sites excluding steroid dienone is 1. The molecule has 10 heteroatoms. The minimum Gasteiger partial charge on any atom is -0.496 e. The molecule has 0 N–H and O–H groups in total. The third kappa shape index (κ3) is 5.00. The van der Waals surface area contributed by atoms with Gasteiger partial charge in [0.05, 0.1) is 41.1 Å². The van der Waals surface area contributed by atoms with Crippen LogP contribution in [0.5, 0.6) is 11.5 Å². The molecule has 1 aliphatic heterocycles. The van der Waals surface area contributed by atoms with Crippen LogP contribution in [0, 0.1) is 0 Å². The van der Waals surface area contributed by atoms with E-state index in [1.165, 1.54) is 15.9 Å². The zero-order valence-corrected chi connectivity index (χ0v) is 23.3. The first kappa shape index (κ1) is 26.2. The summed E-state index contributed by atoms with van der Waals surface area (Å²) in [5, 5.41) is 0.454. The van der Waals surface area contributed by atoms with Gasteiger partial charge < -0.3 is 14.2 Å². The molecule has 0 unspecified atom stereocenters. The van der Waals surface area contributed by atoms with Gasteiger partial charge in [-0.3, -0.25) is 9.36 Å². The summed E-state index contributed by atoms with van der Waals surface area (Å²) in [6, 6.07) is 10.0. The largest absolute Gasteiger partial charge is 0.496 e. The van der Waals surface area contributed by atoms with Crippen LogP contribution < -0.4 is 24.4 Å². The summed E-state index contributed by atoms with van der Waals surface area (Å²) in [6.45, 7) is 6.06. The number of methoxy groups -OCH3 is 1. The Kier molecular flexibility index (Phi) is 8.02. The zero-order valence-electron chi connectivity index (χ0n) is 20.1. The van der Waals surface area contributed by atoms with E-state index >= 15 is 0 Å². The van der Waals surface area contributed by atoms with E-state index in [4.69, 9.17) is 25.8 Å². The van der Waals surface area contributed by atoms with Crippen molar-refractivity contribution in [3.8, 4) is 11.5 Å². The standard InChI is InChI=1S/C26H24BrClN2O5S/c1-5-34-20-9-7-15(11-18(20)28)12-21-24(31)30-23(17-13-16(27)8-10-19(17)33-4)22(25(32)35-6-2)14(3)29-26(30)36-21/h7-13,23H,5-6H2,1-4H3/b21-12-/t23-/m0/s1. The fraction of sp³-hybridized carbons (Fsp3) is 0.269. The Bertz CT molecular complexity index is 1540. The Morgan fingerprint density at radius 3 is 2.61 bits per heavy atom. The second-order valence-corrected chi connectivity index (χ2v) is 10.1. The number of nitrogens with zero attached hydrogens (tertiary/aromatic N) is 2. The van der Waals surface area contributed by atoms with Crippen molar-refractivity contribution < 1.29 is 19.0 Å². The van der Waals surface area contributed by atoms with Gasteiger partial charge in [-0.2, -0.15) is 0 Å². The van der Waals surface area contributed by atoms with Crippen molar-refractivity contribution in [2.45, 2.75) is 26.8 Å². The minimum atomic E-state index is -0.779. The van der Waals surface area contributed by atoms with Crippen LogP contribution in [0.25, 0.3) is 6.08 Å². The Labute approximate surface area is 225 Å². The van der Waals surface area contributed by atoms with Crippen LogP contribution in [0.15, 0.2) is 61.9 Å². The smallest absolute Gasteiger partial charge is 0.338 e. The monoisotopic (exact) mass is 590 g/mol. The van der Waals surface area contributed by atoms with Crippen LogP contribution in [-0.4, -0.2) is 30.9 Å². The Balaban J connectivity index is 1.95. The third-order valence-corrected chi connectivity index (χ3v) is 7.33. The summed E-state index contributed by atoms with van der Waals surface area (Å²) in [4.78, 5) is 31.9. The number of fused-ring (bicyclic) bond motifs is 1. The van der Waals surface area contributed by atoms with Crippen molar-refractivity contribution >= 4 is 50.9 Å². The molecule has 0 radical (unpaired) electrons. The molecule has 188 valence electrons. The fourth-order valence-electron chi connectivity index (χ4n) is 4.04. The molecule has 0 fully saturated rings. The lowest BCUT2D eigenvalue weighted by molar-refractivity contribution is -0.139. The lowest BCUT2D eigenvalue weighted by atomic mass is 9.95. The number of hydrogen-bond acceptors (Lipinski definition) is 7. The van der Waals surface area contributed by atoms with Gasteiger partial charge in [-0.25, -0.2) is 9.79 Å². The molecule has 3 aromatic rings. The Hall–Kier alpha value is -2.88. The highest BCUT2D eigenvalue weighted by atomic mass is 79.9. The van der Waals surface area contributed by atoms with Gasteiger partial charge in [0.1, 0.15) is 17.5 Å². The molecule has 36 heavy (non-hydrogen) atoms. The van der Waals surface area contributed by atoms with Crippen LogP contribution >= 0.6 is 38.9 Å². The molecule has 0 amide bonds. The molecule has 1 aromatic heterocycles. The van der Waals surface area contributed by atoms with Crippen molar-refractivity contribution in [1.29, 1.82) is 0 Å². The highest BCUT2D eigenvalue weighted by Crippen LogP contribution is 2.37. The van der Waals surface area contributed by atoms with Crippen molar-refractivity contribution in [3.63, 3.8) is 0 Å². The van der Waals surface area contributed by atoms with Gasteiger partial charge in [0.2, 0.25) is 0 Å². The molecule has 1 atom stereocenters. The first-order valence-corrected chi connectivity index (χ1v) is 13.2. The number of halogens is 2. The molecular weight excluding hydrogens is 568 g/mol. The Morgan fingerprint density at radius 2 is 1.94 bits per heavy atom. The van der Waals surface area contributed by atoms with Crippen LogP contribution in [0.4, 0.5) is 0 Å². The quantitative estimate of drug-likeness (QED) is 0.375. The maximum Gasteiger partial charge on any atom is 0.338 e. The molecule has 2 aromatic carbocycles. The molecule has 7 nitrogen and oxygen atoms in total. The molecule has 4 rings (SSSR count). The summed E-state index contributed by atoms with van der Waals surface area (Å²) < 4.78 is 19.2. The van der Waals surface area contributed by atoms with Gasteiger partial charge in [-0.15, -0.1) is 0 Å². The number of ether oxygens (including phenoxy) is 3. The van der Waals surface area contributed by atoms with Gasteiger partial charge in [-0.05, 0) is 62.7 Å². The summed E-state index contributed by atoms with van der Waals surface area (Å²) in [5.41, 5.74) is 1.87. The summed E-state index contributed by atoms with van der Waals surface area (Å²) in [5.74, 6) is 0.583. The van der Waals surface area contributed by atoms with Crippen molar-refractivity contribution in [2.24, 2.45) is 4.99 Å². The predicted octanol–water partition coefficient (Wildman–Crippen LogP) is 4.62. The van der Waals surface area contributed by atoms with Gasteiger partial charge >= 0.3 is 5.97 Å². The second-order valence-electron chi connectivity index (χ2n) is 7.81. The first-order valence-electron chi connectivity index (χ1n) is 11.2. The van der Waals surface area contributed by atoms with Crippen molar-refractivity contribution in [2.75, 3.05) is 20.3 Å². The Morgan fingerprint density at radius 1 is 1.19 bits per heavy atom. The number of hydrogen-bond donors (Lipinski definition) is 0. The lowest BCUT2D eigenvalue weighted by Crippen LogP contribution is -2.40. The highest BCUT2D eigenvalue weighted by molar-refractivity contribution is 9.10. The summed E-state index contributed by atoms with van der Waals surface area (Å²) >= 11 is 11.1. The summed E-state index contributed by atoms with van der Waals surface area (Å²) in [7, 11) is 1.55. The number of thiazole rings is 1. The van der Waals surface area contributed by atoms with Gasteiger partial charge in [0.25, 0.3) is 5.56 Å². The van der Waals surface area contributed by atoms with Crippen LogP contribution in [-0.2, 0) is 9.53 Å². The zero-order chi connectivity index (χ0) is 26.0. The van der Waals surface area contributed by atoms with E-state index in [-0.39, 0.29) is 17.7 Å². The molecule has 0 saturated heterocycles. The molecule has 1 aliphatic rings. The van der Waals surface area contributed by atoms with Crippen molar-refractivity contribution in [1.82, 2.24) is 4.57 Å². The maximum absolute atomic E-state index is 13.8. The summed E-state index contributed by atoms with van der Waals surface area (Å²) in [6.07, 6.45) is 1.75. The number of aromatic nitrogens is 1. The maximum atomic E-state index is 13.8. The topological polar surface area (TPSA) is 79.1 Å². The third-order valence-electron chi connectivity index (χ3n) is 5.56. The van der Waals surface area contributed by atoms with Crippen LogP contribution in [0.1, 0.15) is 37.9 Å². The number of rotatable bonds is 7. The van der Waals surface area contributed by atoms with Crippen LogP contribution in [0.2, 0.25) is 5.02 Å². The molecule has 2 heterocycles. The fourth-order valence-corrected chi connectivity index (χ4v) is 5.70. The van der Waals surface area contributed by atoms with Gasteiger partial charge in [0, 0.05) is 10.0 Å².